The summed E-state index contributed by atoms with van der Waals surface area (Å²) in [7, 11) is 0. The molecule has 0 radical (unpaired) electrons. The molecule has 6 heteroatoms. The van der Waals surface area contributed by atoms with Crippen molar-refractivity contribution in [3.63, 3.8) is 0 Å². The summed E-state index contributed by atoms with van der Waals surface area (Å²) in [5.74, 6) is -1.16. The normalized spacial score (nSPS) is 11.8. The minimum absolute atomic E-state index is 0.0726. The summed E-state index contributed by atoms with van der Waals surface area (Å²) in [6, 6.07) is 12.6. The third-order valence-corrected chi connectivity index (χ3v) is 5.30. The Morgan fingerprint density at radius 2 is 2.04 bits per heavy atom. The number of carboxylic acids is 1. The fourth-order valence-corrected chi connectivity index (χ4v) is 3.88. The quantitative estimate of drug-likeness (QED) is 0.533. The molecule has 0 aliphatic rings. The zero-order valence-electron chi connectivity index (χ0n) is 13.2. The number of halogens is 2. The van der Waals surface area contributed by atoms with E-state index >= 15 is 0 Å². The first-order chi connectivity index (χ1) is 12.0. The predicted molar refractivity (Wildman–Crippen MR) is 103 cm³/mol. The number of hydrogen-bond donors (Lipinski definition) is 1. The van der Waals surface area contributed by atoms with Gasteiger partial charge >= 0.3 is 5.97 Å². The molecule has 0 aliphatic heterocycles. The van der Waals surface area contributed by atoms with Crippen molar-refractivity contribution in [2.24, 2.45) is 0 Å². The van der Waals surface area contributed by atoms with E-state index in [9.17, 15) is 9.18 Å². The number of carboxylic acid groups (broad SMARTS) is 1. The van der Waals surface area contributed by atoms with Crippen molar-refractivity contribution >= 4 is 55.1 Å². The molecule has 1 heterocycles. The van der Waals surface area contributed by atoms with Gasteiger partial charge in [0.2, 0.25) is 0 Å². The minimum atomic E-state index is -0.836. The maximum Gasteiger partial charge on any atom is 0.303 e. The highest BCUT2D eigenvalue weighted by atomic mass is 79.9. The molecule has 2 aromatic carbocycles. The fourth-order valence-electron chi connectivity index (χ4n) is 2.49. The van der Waals surface area contributed by atoms with Crippen molar-refractivity contribution in [2.75, 3.05) is 0 Å². The second kappa shape index (κ2) is 7.89. The number of thiazole rings is 1. The maximum atomic E-state index is 14.1. The van der Waals surface area contributed by atoms with Crippen LogP contribution < -0.4 is 0 Å². The molecule has 0 unspecified atom stereocenters. The van der Waals surface area contributed by atoms with Gasteiger partial charge < -0.3 is 5.11 Å². The van der Waals surface area contributed by atoms with Crippen LogP contribution in [0.4, 0.5) is 4.39 Å². The molecule has 3 rings (SSSR count). The first kappa shape index (κ1) is 17.8. The summed E-state index contributed by atoms with van der Waals surface area (Å²) in [5.41, 5.74) is 2.19. The van der Waals surface area contributed by atoms with E-state index in [1.165, 1.54) is 17.4 Å². The number of carbonyl (C=O) groups is 1. The maximum absolute atomic E-state index is 14.1. The van der Waals surface area contributed by atoms with E-state index < -0.39 is 5.97 Å². The fraction of sp³-hybridized carbons (Fsp3) is 0.158. The van der Waals surface area contributed by atoms with Gasteiger partial charge in [0.05, 0.1) is 10.2 Å². The molecule has 3 nitrogen and oxygen atoms in total. The Bertz CT molecular complexity index is 919. The highest BCUT2D eigenvalue weighted by molar-refractivity contribution is 9.10. The topological polar surface area (TPSA) is 50.2 Å². The van der Waals surface area contributed by atoms with Crippen LogP contribution in [0.2, 0.25) is 0 Å². The number of nitrogens with zero attached hydrogens (tertiary/aromatic N) is 1. The van der Waals surface area contributed by atoms with Crippen LogP contribution in [0.5, 0.6) is 0 Å². The zero-order valence-corrected chi connectivity index (χ0v) is 15.6. The largest absolute Gasteiger partial charge is 0.481 e. The Labute approximate surface area is 157 Å². The Balaban J connectivity index is 2.00. The van der Waals surface area contributed by atoms with Gasteiger partial charge in [0.25, 0.3) is 0 Å². The summed E-state index contributed by atoms with van der Waals surface area (Å²) in [4.78, 5) is 15.4. The number of aliphatic carboxylic acids is 1. The average molecular weight is 420 g/mol. The molecule has 0 spiro atoms. The number of benzene rings is 2. The lowest BCUT2D eigenvalue weighted by Crippen LogP contribution is -1.95. The van der Waals surface area contributed by atoms with Crippen molar-refractivity contribution in [2.45, 2.75) is 19.3 Å². The number of aromatic nitrogens is 1. The molecule has 1 aromatic heterocycles. The van der Waals surface area contributed by atoms with E-state index in [0.29, 0.717) is 18.4 Å². The van der Waals surface area contributed by atoms with Crippen molar-refractivity contribution < 1.29 is 14.3 Å². The van der Waals surface area contributed by atoms with Crippen LogP contribution in [-0.2, 0) is 4.79 Å². The van der Waals surface area contributed by atoms with Gasteiger partial charge in [-0.1, -0.05) is 28.1 Å². The molecule has 0 saturated carbocycles. The molecule has 128 valence electrons. The number of allylic oxidation sites excluding steroid dienone is 1. The molecule has 0 bridgehead atoms. The van der Waals surface area contributed by atoms with Gasteiger partial charge in [-0.2, -0.15) is 0 Å². The lowest BCUT2D eigenvalue weighted by atomic mass is 10.0. The van der Waals surface area contributed by atoms with Crippen LogP contribution in [-0.4, -0.2) is 16.1 Å². The Kier molecular flexibility index (Phi) is 5.60. The predicted octanol–water partition coefficient (Wildman–Crippen LogP) is 5.99. The second-order valence-electron chi connectivity index (χ2n) is 5.57. The molecule has 3 aromatic rings. The Morgan fingerprint density at radius 1 is 1.24 bits per heavy atom. The second-order valence-corrected chi connectivity index (χ2v) is 7.52. The molecule has 0 atom stereocenters. The third-order valence-electron chi connectivity index (χ3n) is 3.69. The summed E-state index contributed by atoms with van der Waals surface area (Å²) in [6.07, 6.45) is 2.84. The van der Waals surface area contributed by atoms with Gasteiger partial charge in [-0.25, -0.2) is 9.37 Å². The lowest BCUT2D eigenvalue weighted by Gasteiger charge is -2.05. The number of hydrogen-bond acceptors (Lipinski definition) is 3. The van der Waals surface area contributed by atoms with Crippen LogP contribution in [0, 0.1) is 5.82 Å². The average Bonchev–Trinajstić information content (AvgIpc) is 3.00. The minimum Gasteiger partial charge on any atom is -0.481 e. The van der Waals surface area contributed by atoms with E-state index in [1.807, 2.05) is 24.3 Å². The molecular weight excluding hydrogens is 405 g/mol. The van der Waals surface area contributed by atoms with E-state index in [1.54, 1.807) is 18.2 Å². The molecule has 0 amide bonds. The highest BCUT2D eigenvalue weighted by Crippen LogP contribution is 2.32. The van der Waals surface area contributed by atoms with Gasteiger partial charge in [-0.3, -0.25) is 4.79 Å². The standard InChI is InChI=1S/C19H15BrFNO2S/c20-14-8-9-15(21)13(11-14)10-12(4-3-7-18(23)24)19-22-16-5-1-2-6-17(16)25-19/h1-2,5-6,8-11H,3-4,7H2,(H,23,24)/b12-10+. The SMILES string of the molecule is O=C(O)CCC/C(=C\c1cc(Br)ccc1F)c1nc2ccccc2s1. The molecular formula is C19H15BrFNO2S. The van der Waals surface area contributed by atoms with Crippen LogP contribution in [0.1, 0.15) is 29.8 Å². The van der Waals surface area contributed by atoms with Crippen LogP contribution in [0.3, 0.4) is 0 Å². The first-order valence-electron chi connectivity index (χ1n) is 7.76. The smallest absolute Gasteiger partial charge is 0.303 e. The van der Waals surface area contributed by atoms with Gasteiger partial charge in [0, 0.05) is 16.5 Å². The van der Waals surface area contributed by atoms with Gasteiger partial charge in [-0.15, -0.1) is 11.3 Å². The van der Waals surface area contributed by atoms with Crippen LogP contribution in [0.25, 0.3) is 21.9 Å². The monoisotopic (exact) mass is 419 g/mol. The number of rotatable bonds is 6. The van der Waals surface area contributed by atoms with E-state index in [0.717, 1.165) is 25.3 Å². The summed E-state index contributed by atoms with van der Waals surface area (Å²) >= 11 is 4.89. The number of fused-ring (bicyclic) bond motifs is 1. The molecule has 0 fully saturated rings. The molecule has 1 N–H and O–H groups in total. The Morgan fingerprint density at radius 3 is 2.80 bits per heavy atom. The van der Waals surface area contributed by atoms with Crippen molar-refractivity contribution in [3.05, 3.63) is 63.3 Å². The van der Waals surface area contributed by atoms with Crippen molar-refractivity contribution in [1.82, 2.24) is 4.98 Å². The molecule has 25 heavy (non-hydrogen) atoms. The van der Waals surface area contributed by atoms with Gasteiger partial charge in [0.1, 0.15) is 10.8 Å². The van der Waals surface area contributed by atoms with Crippen molar-refractivity contribution in [3.8, 4) is 0 Å². The summed E-state index contributed by atoms with van der Waals surface area (Å²) in [5, 5.41) is 9.68. The van der Waals surface area contributed by atoms with Crippen molar-refractivity contribution in [1.29, 1.82) is 0 Å². The highest BCUT2D eigenvalue weighted by Gasteiger charge is 2.11. The molecule has 0 aliphatic carbocycles. The van der Waals surface area contributed by atoms with Crippen LogP contribution in [0.15, 0.2) is 46.9 Å². The lowest BCUT2D eigenvalue weighted by molar-refractivity contribution is -0.137. The zero-order chi connectivity index (χ0) is 17.8. The van der Waals surface area contributed by atoms with E-state index in [4.69, 9.17) is 5.11 Å². The van der Waals surface area contributed by atoms with Crippen LogP contribution >= 0.6 is 27.3 Å². The first-order valence-corrected chi connectivity index (χ1v) is 9.37. The van der Waals surface area contributed by atoms with Gasteiger partial charge in [-0.05, 0) is 54.8 Å². The molecule has 0 saturated heterocycles. The summed E-state index contributed by atoms with van der Waals surface area (Å²) < 4.78 is 16.0. The third kappa shape index (κ3) is 4.52. The van der Waals surface area contributed by atoms with E-state index in [-0.39, 0.29) is 12.2 Å². The number of para-hydroxylation sites is 1. The van der Waals surface area contributed by atoms with E-state index in [2.05, 4.69) is 20.9 Å². The Hall–Kier alpha value is -2.05. The van der Waals surface area contributed by atoms with Gasteiger partial charge in [0.15, 0.2) is 0 Å². The summed E-state index contributed by atoms with van der Waals surface area (Å²) in [6.45, 7) is 0.